The highest BCUT2D eigenvalue weighted by Crippen LogP contribution is 2.10. The summed E-state index contributed by atoms with van der Waals surface area (Å²) >= 11 is 0. The molecule has 0 saturated carbocycles. The maximum atomic E-state index is 11.8. The molecule has 28 heavy (non-hydrogen) atoms. The summed E-state index contributed by atoms with van der Waals surface area (Å²) in [6, 6.07) is 14.8. The Morgan fingerprint density at radius 3 is 2.14 bits per heavy atom. The third-order valence-corrected chi connectivity index (χ3v) is 3.59. The molecule has 0 fully saturated rings. The van der Waals surface area contributed by atoms with Crippen molar-refractivity contribution in [2.75, 3.05) is 23.8 Å². The summed E-state index contributed by atoms with van der Waals surface area (Å²) in [6.07, 6.45) is -0.0667. The Labute approximate surface area is 162 Å². The van der Waals surface area contributed by atoms with E-state index in [1.54, 1.807) is 48.5 Å². The lowest BCUT2D eigenvalue weighted by atomic mass is 10.1. The second-order valence-electron chi connectivity index (χ2n) is 5.84. The minimum Gasteiger partial charge on any atom is -0.456 e. The van der Waals surface area contributed by atoms with E-state index in [1.165, 1.54) is 6.92 Å². The summed E-state index contributed by atoms with van der Waals surface area (Å²) < 4.78 is 4.86. The molecule has 0 bridgehead atoms. The third-order valence-electron chi connectivity index (χ3n) is 3.59. The Kier molecular flexibility index (Phi) is 7.71. The molecule has 0 spiro atoms. The zero-order valence-electron chi connectivity index (χ0n) is 15.4. The molecule has 0 radical (unpaired) electrons. The molecule has 2 rings (SSSR count). The van der Waals surface area contributed by atoms with E-state index in [9.17, 15) is 19.2 Å². The fourth-order valence-electron chi connectivity index (χ4n) is 2.18. The summed E-state index contributed by atoms with van der Waals surface area (Å²) in [5.74, 6) is -1.18. The number of hydrogen-bond donors (Lipinski definition) is 3. The van der Waals surface area contributed by atoms with Crippen molar-refractivity contribution >= 4 is 35.1 Å². The van der Waals surface area contributed by atoms with Gasteiger partial charge in [-0.2, -0.15) is 0 Å². The van der Waals surface area contributed by atoms with E-state index in [0.29, 0.717) is 16.9 Å². The molecule has 0 aliphatic rings. The lowest BCUT2D eigenvalue weighted by Gasteiger charge is -2.08. The molecule has 8 heteroatoms. The molecule has 2 aromatic rings. The van der Waals surface area contributed by atoms with Gasteiger partial charge in [-0.3, -0.25) is 14.4 Å². The summed E-state index contributed by atoms with van der Waals surface area (Å²) in [6.45, 7) is 1.09. The van der Waals surface area contributed by atoms with Crippen LogP contribution in [-0.4, -0.2) is 36.8 Å². The van der Waals surface area contributed by atoms with Gasteiger partial charge < -0.3 is 20.7 Å². The van der Waals surface area contributed by atoms with E-state index in [4.69, 9.17) is 4.74 Å². The minimum atomic E-state index is -0.609. The number of nitrogens with one attached hydrogen (secondary N) is 3. The first-order valence-electron chi connectivity index (χ1n) is 8.60. The predicted molar refractivity (Wildman–Crippen MR) is 104 cm³/mol. The van der Waals surface area contributed by atoms with Crippen LogP contribution in [-0.2, 0) is 14.3 Å². The molecule has 146 valence electrons. The normalized spacial score (nSPS) is 9.89. The number of carbonyl (C=O) groups is 4. The number of ketones is 1. The summed E-state index contributed by atoms with van der Waals surface area (Å²) in [5, 5.41) is 7.70. The molecule has 3 amide bonds. The first-order chi connectivity index (χ1) is 13.4. The van der Waals surface area contributed by atoms with Crippen molar-refractivity contribution in [3.05, 3.63) is 60.2 Å². The average Bonchev–Trinajstić information content (AvgIpc) is 2.67. The number of Topliss-reactive ketones (excluding diaryl/α,β-unsaturated/α-hetero) is 1. The Morgan fingerprint density at radius 2 is 1.50 bits per heavy atom. The zero-order valence-corrected chi connectivity index (χ0v) is 15.4. The van der Waals surface area contributed by atoms with Crippen LogP contribution in [0.3, 0.4) is 0 Å². The zero-order chi connectivity index (χ0) is 20.4. The first kappa shape index (κ1) is 20.6. The van der Waals surface area contributed by atoms with Gasteiger partial charge in [0, 0.05) is 23.5 Å². The van der Waals surface area contributed by atoms with E-state index < -0.39 is 24.5 Å². The highest BCUT2D eigenvalue weighted by Gasteiger charge is 2.09. The number of para-hydroxylation sites is 1. The van der Waals surface area contributed by atoms with Crippen LogP contribution < -0.4 is 16.0 Å². The first-order valence-corrected chi connectivity index (χ1v) is 8.60. The van der Waals surface area contributed by atoms with Gasteiger partial charge in [0.1, 0.15) is 0 Å². The van der Waals surface area contributed by atoms with Gasteiger partial charge in [-0.05, 0) is 43.3 Å². The maximum absolute atomic E-state index is 11.8. The van der Waals surface area contributed by atoms with Crippen molar-refractivity contribution in [1.29, 1.82) is 0 Å². The van der Waals surface area contributed by atoms with Gasteiger partial charge in [0.25, 0.3) is 5.91 Å². The molecule has 8 nitrogen and oxygen atoms in total. The van der Waals surface area contributed by atoms with E-state index in [2.05, 4.69) is 16.0 Å². The van der Waals surface area contributed by atoms with Gasteiger partial charge in [-0.15, -0.1) is 0 Å². The number of rotatable bonds is 8. The average molecular weight is 383 g/mol. The lowest BCUT2D eigenvalue weighted by molar-refractivity contribution is -0.147. The Hall–Kier alpha value is -3.68. The highest BCUT2D eigenvalue weighted by molar-refractivity contribution is 5.96. The number of anilines is 2. The standard InChI is InChI=1S/C20H21N3O5/c1-14(24)15-7-9-17(10-8-15)22-18(25)13-28-19(26)11-12-21-20(27)23-16-5-3-2-4-6-16/h2-10H,11-13H2,1H3,(H,22,25)(H2,21,23,27). The van der Waals surface area contributed by atoms with Crippen LogP contribution in [0.4, 0.5) is 16.2 Å². The van der Waals surface area contributed by atoms with Gasteiger partial charge in [0.15, 0.2) is 12.4 Å². The Bertz CT molecular complexity index is 835. The van der Waals surface area contributed by atoms with Crippen molar-refractivity contribution in [3.63, 3.8) is 0 Å². The third kappa shape index (κ3) is 7.28. The largest absolute Gasteiger partial charge is 0.456 e. The fourth-order valence-corrected chi connectivity index (χ4v) is 2.18. The number of hydrogen-bond acceptors (Lipinski definition) is 5. The molecule has 0 unspecified atom stereocenters. The quantitative estimate of drug-likeness (QED) is 0.479. The molecule has 0 atom stereocenters. The molecule has 0 heterocycles. The van der Waals surface area contributed by atoms with Crippen molar-refractivity contribution in [3.8, 4) is 0 Å². The fraction of sp³-hybridized carbons (Fsp3) is 0.200. The topological polar surface area (TPSA) is 114 Å². The van der Waals surface area contributed by atoms with E-state index in [1.807, 2.05) is 6.07 Å². The number of benzene rings is 2. The number of urea groups is 1. The molecule has 0 aliphatic heterocycles. The van der Waals surface area contributed by atoms with Crippen molar-refractivity contribution in [2.45, 2.75) is 13.3 Å². The van der Waals surface area contributed by atoms with Gasteiger partial charge in [-0.1, -0.05) is 18.2 Å². The van der Waals surface area contributed by atoms with E-state index in [0.717, 1.165) is 0 Å². The lowest BCUT2D eigenvalue weighted by Crippen LogP contribution is -2.31. The van der Waals surface area contributed by atoms with Crippen LogP contribution in [0.5, 0.6) is 0 Å². The smallest absolute Gasteiger partial charge is 0.319 e. The van der Waals surface area contributed by atoms with Crippen LogP contribution in [0.25, 0.3) is 0 Å². The second kappa shape index (κ2) is 10.5. The summed E-state index contributed by atoms with van der Waals surface area (Å²) in [5.41, 5.74) is 1.66. The van der Waals surface area contributed by atoms with Crippen LogP contribution in [0.2, 0.25) is 0 Å². The Balaban J connectivity index is 1.63. The van der Waals surface area contributed by atoms with Gasteiger partial charge in [0.2, 0.25) is 0 Å². The molecular weight excluding hydrogens is 362 g/mol. The minimum absolute atomic E-state index is 0.0667. The number of carbonyl (C=O) groups excluding carboxylic acids is 4. The number of amides is 3. The molecular formula is C20H21N3O5. The van der Waals surface area contributed by atoms with Crippen LogP contribution in [0.1, 0.15) is 23.7 Å². The monoisotopic (exact) mass is 383 g/mol. The van der Waals surface area contributed by atoms with E-state index in [-0.39, 0.29) is 18.7 Å². The van der Waals surface area contributed by atoms with Crippen LogP contribution >= 0.6 is 0 Å². The van der Waals surface area contributed by atoms with Crippen LogP contribution in [0, 0.1) is 0 Å². The van der Waals surface area contributed by atoms with E-state index >= 15 is 0 Å². The molecule has 3 N–H and O–H groups in total. The summed E-state index contributed by atoms with van der Waals surface area (Å²) in [4.78, 5) is 46.3. The van der Waals surface area contributed by atoms with Crippen molar-refractivity contribution in [2.24, 2.45) is 0 Å². The predicted octanol–water partition coefficient (Wildman–Crippen LogP) is 2.58. The van der Waals surface area contributed by atoms with Crippen molar-refractivity contribution in [1.82, 2.24) is 5.32 Å². The van der Waals surface area contributed by atoms with Gasteiger partial charge >= 0.3 is 12.0 Å². The Morgan fingerprint density at radius 1 is 0.857 bits per heavy atom. The molecule has 0 aromatic heterocycles. The number of esters is 1. The second-order valence-corrected chi connectivity index (χ2v) is 5.84. The van der Waals surface area contributed by atoms with Gasteiger partial charge in [-0.25, -0.2) is 4.79 Å². The summed E-state index contributed by atoms with van der Waals surface area (Å²) in [7, 11) is 0. The van der Waals surface area contributed by atoms with Crippen LogP contribution in [0.15, 0.2) is 54.6 Å². The maximum Gasteiger partial charge on any atom is 0.319 e. The van der Waals surface area contributed by atoms with Gasteiger partial charge in [0.05, 0.1) is 6.42 Å². The van der Waals surface area contributed by atoms with Crippen molar-refractivity contribution < 1.29 is 23.9 Å². The number of ether oxygens (including phenoxy) is 1. The molecule has 2 aromatic carbocycles. The molecule has 0 aliphatic carbocycles. The molecule has 0 saturated heterocycles. The highest BCUT2D eigenvalue weighted by atomic mass is 16.5. The SMILES string of the molecule is CC(=O)c1ccc(NC(=O)COC(=O)CCNC(=O)Nc2ccccc2)cc1.